The monoisotopic (exact) mass is 282 g/mol. The van der Waals surface area contributed by atoms with Gasteiger partial charge in [0.1, 0.15) is 0 Å². The van der Waals surface area contributed by atoms with Crippen molar-refractivity contribution in [2.24, 2.45) is 0 Å². The molecule has 0 spiro atoms. The first-order chi connectivity index (χ1) is 8.98. The molecule has 0 heterocycles. The van der Waals surface area contributed by atoms with Crippen molar-refractivity contribution in [2.45, 2.75) is 39.2 Å². The Morgan fingerprint density at radius 2 is 2.00 bits per heavy atom. The molecular formula is C14H22N2O2S. The molecule has 0 aliphatic heterocycles. The lowest BCUT2D eigenvalue weighted by molar-refractivity contribution is 0.593. The first-order valence-electron chi connectivity index (χ1n) is 6.78. The van der Waals surface area contributed by atoms with Crippen LogP contribution in [-0.2, 0) is 10.0 Å². The Bertz CT molecular complexity index is 536. The third kappa shape index (κ3) is 4.51. The Kier molecular flexibility index (Phi) is 4.47. The zero-order valence-corrected chi connectivity index (χ0v) is 12.4. The summed E-state index contributed by atoms with van der Waals surface area (Å²) in [6.45, 7) is 4.69. The maximum Gasteiger partial charge on any atom is 0.232 e. The van der Waals surface area contributed by atoms with Crippen LogP contribution in [0.15, 0.2) is 18.2 Å². The Morgan fingerprint density at radius 3 is 2.68 bits per heavy atom. The van der Waals surface area contributed by atoms with Crippen LogP contribution in [0.1, 0.15) is 30.4 Å². The normalized spacial score (nSPS) is 15.5. The summed E-state index contributed by atoms with van der Waals surface area (Å²) in [6.07, 6.45) is 3.11. The fourth-order valence-electron chi connectivity index (χ4n) is 1.94. The van der Waals surface area contributed by atoms with Crippen molar-refractivity contribution in [3.63, 3.8) is 0 Å². The van der Waals surface area contributed by atoms with Gasteiger partial charge in [0.25, 0.3) is 0 Å². The summed E-state index contributed by atoms with van der Waals surface area (Å²) in [7, 11) is -3.24. The van der Waals surface area contributed by atoms with E-state index < -0.39 is 10.0 Å². The Hall–Kier alpha value is -1.07. The minimum absolute atomic E-state index is 0.167. The molecule has 0 amide bonds. The van der Waals surface area contributed by atoms with Crippen LogP contribution in [0.3, 0.4) is 0 Å². The van der Waals surface area contributed by atoms with E-state index in [0.29, 0.717) is 18.2 Å². The number of nitrogens with one attached hydrogen (secondary N) is 2. The summed E-state index contributed by atoms with van der Waals surface area (Å²) in [4.78, 5) is 0. The van der Waals surface area contributed by atoms with Crippen LogP contribution in [0.4, 0.5) is 5.69 Å². The van der Waals surface area contributed by atoms with Gasteiger partial charge in [0, 0.05) is 6.04 Å². The molecule has 4 nitrogen and oxygen atoms in total. The molecule has 1 aromatic carbocycles. The lowest BCUT2D eigenvalue weighted by Gasteiger charge is -2.12. The van der Waals surface area contributed by atoms with Gasteiger partial charge in [-0.15, -0.1) is 0 Å². The van der Waals surface area contributed by atoms with Crippen molar-refractivity contribution in [3.8, 4) is 0 Å². The number of hydrogen-bond acceptors (Lipinski definition) is 3. The zero-order valence-electron chi connectivity index (χ0n) is 11.6. The van der Waals surface area contributed by atoms with Gasteiger partial charge in [0.05, 0.1) is 11.4 Å². The summed E-state index contributed by atoms with van der Waals surface area (Å²) in [5, 5.41) is 3.32. The highest BCUT2D eigenvalue weighted by atomic mass is 32.2. The third-order valence-electron chi connectivity index (χ3n) is 3.47. The van der Waals surface area contributed by atoms with E-state index in [2.05, 4.69) is 10.0 Å². The smallest absolute Gasteiger partial charge is 0.232 e. The number of anilines is 1. The molecule has 0 radical (unpaired) electrons. The highest BCUT2D eigenvalue weighted by Crippen LogP contribution is 2.20. The zero-order chi connectivity index (χ0) is 13.9. The van der Waals surface area contributed by atoms with E-state index in [1.807, 2.05) is 32.0 Å². The number of aryl methyl sites for hydroxylation is 1. The van der Waals surface area contributed by atoms with E-state index in [4.69, 9.17) is 0 Å². The number of sulfonamides is 1. The van der Waals surface area contributed by atoms with Gasteiger partial charge in [-0.25, -0.2) is 8.42 Å². The second-order valence-corrected chi connectivity index (χ2v) is 7.09. The molecule has 0 unspecified atom stereocenters. The van der Waals surface area contributed by atoms with Gasteiger partial charge in [-0.3, -0.25) is 4.72 Å². The molecule has 1 fully saturated rings. The third-order valence-corrected chi connectivity index (χ3v) is 4.83. The van der Waals surface area contributed by atoms with Crippen molar-refractivity contribution < 1.29 is 8.42 Å². The lowest BCUT2D eigenvalue weighted by Crippen LogP contribution is -2.23. The molecule has 2 N–H and O–H groups in total. The van der Waals surface area contributed by atoms with Crippen molar-refractivity contribution in [1.82, 2.24) is 5.32 Å². The second kappa shape index (κ2) is 5.92. The average molecular weight is 282 g/mol. The molecule has 106 valence electrons. The van der Waals surface area contributed by atoms with Crippen LogP contribution < -0.4 is 10.0 Å². The largest absolute Gasteiger partial charge is 0.314 e. The SMILES string of the molecule is Cc1cccc(NS(=O)(=O)CCCNC2CC2)c1C. The van der Waals surface area contributed by atoms with Crippen LogP contribution in [0.2, 0.25) is 0 Å². The molecule has 1 saturated carbocycles. The Labute approximate surface area is 115 Å². The van der Waals surface area contributed by atoms with Crippen LogP contribution in [-0.4, -0.2) is 26.8 Å². The Balaban J connectivity index is 1.86. The molecule has 0 saturated heterocycles. The second-order valence-electron chi connectivity index (χ2n) is 5.25. The maximum atomic E-state index is 12.0. The van der Waals surface area contributed by atoms with Gasteiger partial charge in [-0.1, -0.05) is 12.1 Å². The van der Waals surface area contributed by atoms with Gasteiger partial charge >= 0.3 is 0 Å². The Morgan fingerprint density at radius 1 is 1.26 bits per heavy atom. The topological polar surface area (TPSA) is 58.2 Å². The van der Waals surface area contributed by atoms with Gasteiger partial charge < -0.3 is 5.32 Å². The van der Waals surface area contributed by atoms with Crippen molar-refractivity contribution >= 4 is 15.7 Å². The average Bonchev–Trinajstić information content (AvgIpc) is 3.15. The maximum absolute atomic E-state index is 12.0. The van der Waals surface area contributed by atoms with Crippen LogP contribution in [0.5, 0.6) is 0 Å². The van der Waals surface area contributed by atoms with E-state index in [1.165, 1.54) is 12.8 Å². The number of benzene rings is 1. The number of rotatable bonds is 7. The minimum atomic E-state index is -3.24. The summed E-state index contributed by atoms with van der Waals surface area (Å²) in [6, 6.07) is 6.29. The van der Waals surface area contributed by atoms with Gasteiger partial charge in [-0.05, 0) is 56.8 Å². The quantitative estimate of drug-likeness (QED) is 0.754. The van der Waals surface area contributed by atoms with Crippen LogP contribution >= 0.6 is 0 Å². The van der Waals surface area contributed by atoms with Crippen LogP contribution in [0, 0.1) is 13.8 Å². The van der Waals surface area contributed by atoms with Crippen molar-refractivity contribution in [3.05, 3.63) is 29.3 Å². The molecule has 0 bridgehead atoms. The highest BCUT2D eigenvalue weighted by molar-refractivity contribution is 7.92. The molecule has 1 aliphatic rings. The molecule has 0 atom stereocenters. The predicted octanol–water partition coefficient (Wildman–Crippen LogP) is 2.19. The molecular weight excluding hydrogens is 260 g/mol. The first kappa shape index (κ1) is 14.3. The van der Waals surface area contributed by atoms with E-state index >= 15 is 0 Å². The molecule has 2 rings (SSSR count). The predicted molar refractivity (Wildman–Crippen MR) is 79.0 cm³/mol. The molecule has 19 heavy (non-hydrogen) atoms. The molecule has 0 aromatic heterocycles. The fourth-order valence-corrected chi connectivity index (χ4v) is 3.12. The van der Waals surface area contributed by atoms with E-state index in [9.17, 15) is 8.42 Å². The van der Waals surface area contributed by atoms with Crippen LogP contribution in [0.25, 0.3) is 0 Å². The standard InChI is InChI=1S/C14H22N2O2S/c1-11-5-3-6-14(12(11)2)16-19(17,18)10-4-9-15-13-7-8-13/h3,5-6,13,15-16H,4,7-10H2,1-2H3. The lowest BCUT2D eigenvalue weighted by atomic mass is 10.1. The highest BCUT2D eigenvalue weighted by Gasteiger charge is 2.20. The summed E-state index contributed by atoms with van der Waals surface area (Å²) in [5.74, 6) is 0.167. The van der Waals surface area contributed by atoms with Gasteiger partial charge in [0.15, 0.2) is 0 Å². The van der Waals surface area contributed by atoms with E-state index in [1.54, 1.807) is 0 Å². The molecule has 1 aliphatic carbocycles. The summed E-state index contributed by atoms with van der Waals surface area (Å²) >= 11 is 0. The van der Waals surface area contributed by atoms with Gasteiger partial charge in [-0.2, -0.15) is 0 Å². The van der Waals surface area contributed by atoms with Crippen molar-refractivity contribution in [2.75, 3.05) is 17.0 Å². The van der Waals surface area contributed by atoms with Gasteiger partial charge in [0.2, 0.25) is 10.0 Å². The molecule has 5 heteroatoms. The summed E-state index contributed by atoms with van der Waals surface area (Å²) in [5.41, 5.74) is 2.77. The first-order valence-corrected chi connectivity index (χ1v) is 8.43. The van der Waals surface area contributed by atoms with E-state index in [-0.39, 0.29) is 5.75 Å². The van der Waals surface area contributed by atoms with Crippen molar-refractivity contribution in [1.29, 1.82) is 0 Å². The summed E-state index contributed by atoms with van der Waals surface area (Å²) < 4.78 is 26.6. The fraction of sp³-hybridized carbons (Fsp3) is 0.571. The van der Waals surface area contributed by atoms with E-state index in [0.717, 1.165) is 17.7 Å². The molecule has 1 aromatic rings. The minimum Gasteiger partial charge on any atom is -0.314 e. The number of hydrogen-bond donors (Lipinski definition) is 2.